The number of hydrogen-bond acceptors (Lipinski definition) is 6. The smallest absolute Gasteiger partial charge is 0.340 e. The Labute approximate surface area is 106 Å². The van der Waals surface area contributed by atoms with Crippen LogP contribution in [-0.4, -0.2) is 49.6 Å². The predicted molar refractivity (Wildman–Crippen MR) is 68.6 cm³/mol. The van der Waals surface area contributed by atoms with Crippen molar-refractivity contribution in [3.63, 3.8) is 0 Å². The van der Waals surface area contributed by atoms with Crippen LogP contribution in [0.2, 0.25) is 0 Å². The van der Waals surface area contributed by atoms with E-state index in [0.717, 1.165) is 0 Å². The van der Waals surface area contributed by atoms with Crippen LogP contribution in [0, 0.1) is 0 Å². The molecule has 18 heavy (non-hydrogen) atoms. The molecule has 6 heteroatoms. The zero-order valence-electron chi connectivity index (χ0n) is 10.3. The van der Waals surface area contributed by atoms with Crippen molar-refractivity contribution in [2.75, 3.05) is 44.0 Å². The summed E-state index contributed by atoms with van der Waals surface area (Å²) in [7, 11) is 1.29. The lowest BCUT2D eigenvalue weighted by Gasteiger charge is -2.23. The molecule has 0 fully saturated rings. The molecule has 6 nitrogen and oxygen atoms in total. The van der Waals surface area contributed by atoms with Gasteiger partial charge >= 0.3 is 5.97 Å². The zero-order chi connectivity index (χ0) is 13.5. The summed E-state index contributed by atoms with van der Waals surface area (Å²) in [5.74, 6) is -0.512. The van der Waals surface area contributed by atoms with E-state index >= 15 is 0 Å². The number of carbonyl (C=O) groups excluding carboxylic acids is 1. The van der Waals surface area contributed by atoms with Gasteiger partial charge in [-0.15, -0.1) is 0 Å². The van der Waals surface area contributed by atoms with Crippen molar-refractivity contribution >= 4 is 17.3 Å². The molecule has 100 valence electrons. The molecule has 0 radical (unpaired) electrons. The number of nitrogen functional groups attached to an aromatic ring is 1. The number of aliphatic hydroxyl groups excluding tert-OH is 2. The Morgan fingerprint density at radius 3 is 2.44 bits per heavy atom. The van der Waals surface area contributed by atoms with Crippen LogP contribution in [0.1, 0.15) is 10.4 Å². The highest BCUT2D eigenvalue weighted by Crippen LogP contribution is 2.21. The number of rotatable bonds is 6. The van der Waals surface area contributed by atoms with Crippen molar-refractivity contribution in [1.29, 1.82) is 0 Å². The minimum Gasteiger partial charge on any atom is -0.465 e. The lowest BCUT2D eigenvalue weighted by molar-refractivity contribution is 0.0602. The normalized spacial score (nSPS) is 10.2. The van der Waals surface area contributed by atoms with E-state index in [1.54, 1.807) is 23.1 Å². The first-order chi connectivity index (χ1) is 8.63. The number of benzene rings is 1. The summed E-state index contributed by atoms with van der Waals surface area (Å²) >= 11 is 0. The van der Waals surface area contributed by atoms with E-state index in [-0.39, 0.29) is 18.8 Å². The van der Waals surface area contributed by atoms with Gasteiger partial charge in [0, 0.05) is 24.5 Å². The number of esters is 1. The molecule has 0 bridgehead atoms. The summed E-state index contributed by atoms with van der Waals surface area (Å²) in [6.45, 7) is 0.645. The van der Waals surface area contributed by atoms with Crippen molar-refractivity contribution in [2.24, 2.45) is 0 Å². The van der Waals surface area contributed by atoms with E-state index in [1.165, 1.54) is 7.11 Å². The topological polar surface area (TPSA) is 96.0 Å². The van der Waals surface area contributed by atoms with E-state index in [4.69, 9.17) is 15.9 Å². The molecule has 0 aromatic heterocycles. The van der Waals surface area contributed by atoms with Gasteiger partial charge in [0.25, 0.3) is 0 Å². The maximum atomic E-state index is 11.5. The van der Waals surface area contributed by atoms with E-state index < -0.39 is 5.97 Å². The summed E-state index contributed by atoms with van der Waals surface area (Å²) < 4.78 is 4.64. The van der Waals surface area contributed by atoms with Crippen LogP contribution in [0.5, 0.6) is 0 Å². The average Bonchev–Trinajstić information content (AvgIpc) is 2.38. The van der Waals surface area contributed by atoms with Crippen LogP contribution in [-0.2, 0) is 4.74 Å². The van der Waals surface area contributed by atoms with Crippen LogP contribution in [0.15, 0.2) is 18.2 Å². The second-order valence-corrected chi connectivity index (χ2v) is 3.70. The Balaban J connectivity index is 3.04. The molecule has 0 unspecified atom stereocenters. The fourth-order valence-corrected chi connectivity index (χ4v) is 1.64. The zero-order valence-corrected chi connectivity index (χ0v) is 10.3. The molecule has 0 aliphatic carbocycles. The monoisotopic (exact) mass is 254 g/mol. The van der Waals surface area contributed by atoms with Crippen LogP contribution in [0.3, 0.4) is 0 Å². The Bertz CT molecular complexity index is 403. The minimum absolute atomic E-state index is 0.0437. The molecular formula is C12H18N2O4. The van der Waals surface area contributed by atoms with Crippen molar-refractivity contribution in [3.05, 3.63) is 23.8 Å². The standard InChI is InChI=1S/C12H18N2O4/c1-18-12(17)10-8-9(2-3-11(10)13)14(4-6-15)5-7-16/h2-3,8,15-16H,4-7,13H2,1H3. The molecular weight excluding hydrogens is 236 g/mol. The number of nitrogens with zero attached hydrogens (tertiary/aromatic N) is 1. The van der Waals surface area contributed by atoms with Crippen LogP contribution in [0.25, 0.3) is 0 Å². The summed E-state index contributed by atoms with van der Waals surface area (Å²) in [5.41, 5.74) is 7.00. The number of aliphatic hydroxyl groups is 2. The lowest BCUT2D eigenvalue weighted by atomic mass is 10.1. The van der Waals surface area contributed by atoms with Gasteiger partial charge in [-0.3, -0.25) is 0 Å². The van der Waals surface area contributed by atoms with Crippen LogP contribution >= 0.6 is 0 Å². The molecule has 0 saturated heterocycles. The number of methoxy groups -OCH3 is 1. The fourth-order valence-electron chi connectivity index (χ4n) is 1.64. The van der Waals surface area contributed by atoms with Crippen molar-refractivity contribution in [1.82, 2.24) is 0 Å². The molecule has 0 aliphatic rings. The van der Waals surface area contributed by atoms with Gasteiger partial charge in [0.1, 0.15) is 0 Å². The van der Waals surface area contributed by atoms with Gasteiger partial charge in [0.2, 0.25) is 0 Å². The number of hydrogen-bond donors (Lipinski definition) is 3. The molecule has 1 aromatic rings. The third-order valence-electron chi connectivity index (χ3n) is 2.55. The van der Waals surface area contributed by atoms with Gasteiger partial charge in [0.15, 0.2) is 0 Å². The lowest BCUT2D eigenvalue weighted by Crippen LogP contribution is -2.29. The van der Waals surface area contributed by atoms with Gasteiger partial charge in [-0.1, -0.05) is 0 Å². The van der Waals surface area contributed by atoms with Gasteiger partial charge in [-0.05, 0) is 18.2 Å². The van der Waals surface area contributed by atoms with E-state index in [0.29, 0.717) is 24.5 Å². The first-order valence-electron chi connectivity index (χ1n) is 5.58. The molecule has 0 heterocycles. The molecule has 0 atom stereocenters. The van der Waals surface area contributed by atoms with Crippen LogP contribution < -0.4 is 10.6 Å². The number of nitrogens with two attached hydrogens (primary N) is 1. The van der Waals surface area contributed by atoms with E-state index in [9.17, 15) is 4.79 Å². The van der Waals surface area contributed by atoms with Gasteiger partial charge < -0.3 is 25.6 Å². The number of ether oxygens (including phenoxy) is 1. The molecule has 0 amide bonds. The van der Waals surface area contributed by atoms with Gasteiger partial charge in [-0.2, -0.15) is 0 Å². The van der Waals surface area contributed by atoms with Crippen molar-refractivity contribution in [3.8, 4) is 0 Å². The van der Waals surface area contributed by atoms with E-state index in [2.05, 4.69) is 4.74 Å². The highest BCUT2D eigenvalue weighted by Gasteiger charge is 2.13. The first-order valence-corrected chi connectivity index (χ1v) is 5.58. The molecule has 0 spiro atoms. The molecule has 0 saturated carbocycles. The second-order valence-electron chi connectivity index (χ2n) is 3.70. The second kappa shape index (κ2) is 6.83. The number of carbonyl (C=O) groups is 1. The maximum Gasteiger partial charge on any atom is 0.340 e. The summed E-state index contributed by atoms with van der Waals surface area (Å²) in [6.07, 6.45) is 0. The quantitative estimate of drug-likeness (QED) is 0.482. The maximum absolute atomic E-state index is 11.5. The number of anilines is 2. The first kappa shape index (κ1) is 14.3. The molecule has 1 rings (SSSR count). The SMILES string of the molecule is COC(=O)c1cc(N(CCO)CCO)ccc1N. The van der Waals surface area contributed by atoms with Crippen LogP contribution in [0.4, 0.5) is 11.4 Å². The van der Waals surface area contributed by atoms with Crippen molar-refractivity contribution < 1.29 is 19.7 Å². The Hall–Kier alpha value is -1.79. The third-order valence-corrected chi connectivity index (χ3v) is 2.55. The highest BCUT2D eigenvalue weighted by molar-refractivity contribution is 5.96. The molecule has 4 N–H and O–H groups in total. The minimum atomic E-state index is -0.512. The van der Waals surface area contributed by atoms with E-state index in [1.807, 2.05) is 0 Å². The summed E-state index contributed by atoms with van der Waals surface area (Å²) in [5, 5.41) is 17.9. The Morgan fingerprint density at radius 2 is 1.94 bits per heavy atom. The fraction of sp³-hybridized carbons (Fsp3) is 0.417. The Morgan fingerprint density at radius 1 is 1.33 bits per heavy atom. The van der Waals surface area contributed by atoms with Crippen molar-refractivity contribution in [2.45, 2.75) is 0 Å². The predicted octanol–water partition coefficient (Wildman–Crippen LogP) is -0.154. The summed E-state index contributed by atoms with van der Waals surface area (Å²) in [6, 6.07) is 4.92. The molecule has 1 aromatic carbocycles. The average molecular weight is 254 g/mol. The van der Waals surface area contributed by atoms with Gasteiger partial charge in [-0.25, -0.2) is 4.79 Å². The summed E-state index contributed by atoms with van der Waals surface area (Å²) in [4.78, 5) is 13.3. The third kappa shape index (κ3) is 3.35. The van der Waals surface area contributed by atoms with Gasteiger partial charge in [0.05, 0.1) is 25.9 Å². The highest BCUT2D eigenvalue weighted by atomic mass is 16.5. The molecule has 0 aliphatic heterocycles. The Kier molecular flexibility index (Phi) is 5.41. The largest absolute Gasteiger partial charge is 0.465 e.